The van der Waals surface area contributed by atoms with Crippen molar-refractivity contribution >= 4 is 39.1 Å². The lowest BCUT2D eigenvalue weighted by molar-refractivity contribution is 0.295. The number of ether oxygens (including phenoxy) is 2. The van der Waals surface area contributed by atoms with Crippen LogP contribution in [0.3, 0.4) is 0 Å². The van der Waals surface area contributed by atoms with E-state index in [1.807, 2.05) is 24.3 Å². The van der Waals surface area contributed by atoms with E-state index in [9.17, 15) is 0 Å². The van der Waals surface area contributed by atoms with Gasteiger partial charge in [0, 0.05) is 21.5 Å². The van der Waals surface area contributed by atoms with Gasteiger partial charge < -0.3 is 9.47 Å². The van der Waals surface area contributed by atoms with Crippen LogP contribution in [0, 0.1) is 0 Å². The van der Waals surface area contributed by atoms with Gasteiger partial charge in [-0.15, -0.1) is 0 Å². The lowest BCUT2D eigenvalue weighted by atomic mass is 10.2. The molecule has 0 unspecified atom stereocenters. The van der Waals surface area contributed by atoms with Crippen molar-refractivity contribution in [3.05, 3.63) is 57.6 Å². The molecular weight excluding hydrogens is 363 g/mol. The third kappa shape index (κ3) is 3.60. The van der Waals surface area contributed by atoms with Gasteiger partial charge in [0.2, 0.25) is 0 Å². The van der Waals surface area contributed by atoms with Gasteiger partial charge in [0.15, 0.2) is 0 Å². The first-order chi connectivity index (χ1) is 9.65. The van der Waals surface area contributed by atoms with Crippen LogP contribution in [0.15, 0.2) is 36.4 Å². The fourth-order valence-electron chi connectivity index (χ4n) is 1.83. The van der Waals surface area contributed by atoms with Crippen molar-refractivity contribution < 1.29 is 9.47 Å². The van der Waals surface area contributed by atoms with Crippen LogP contribution in [0.1, 0.15) is 11.1 Å². The Bertz CT molecular complexity index is 602. The third-order valence-electron chi connectivity index (χ3n) is 2.81. The smallest absolute Gasteiger partial charge is 0.142 e. The maximum absolute atomic E-state index is 6.18. The Balaban J connectivity index is 2.23. The fraction of sp³-hybridized carbons (Fsp3) is 0.200. The van der Waals surface area contributed by atoms with Crippen LogP contribution in [-0.2, 0) is 11.9 Å². The zero-order chi connectivity index (χ0) is 14.5. The van der Waals surface area contributed by atoms with E-state index in [-0.39, 0.29) is 0 Å². The van der Waals surface area contributed by atoms with Crippen LogP contribution in [0.4, 0.5) is 0 Å². The molecule has 0 fully saturated rings. The molecule has 0 amide bonds. The molecule has 0 aliphatic carbocycles. The summed E-state index contributed by atoms with van der Waals surface area (Å²) in [4.78, 5) is 0. The van der Waals surface area contributed by atoms with Crippen molar-refractivity contribution in [2.75, 3.05) is 7.11 Å². The number of benzene rings is 2. The van der Waals surface area contributed by atoms with Crippen LogP contribution >= 0.6 is 39.1 Å². The van der Waals surface area contributed by atoms with E-state index in [2.05, 4.69) is 15.9 Å². The summed E-state index contributed by atoms with van der Waals surface area (Å²) in [5.74, 6) is 1.41. The van der Waals surface area contributed by atoms with Gasteiger partial charge in [-0.2, -0.15) is 0 Å². The minimum atomic E-state index is 0.341. The first-order valence-corrected chi connectivity index (χ1v) is 7.82. The summed E-state index contributed by atoms with van der Waals surface area (Å²) in [5.41, 5.74) is 1.87. The molecule has 0 bridgehead atoms. The Kier molecular flexibility index (Phi) is 5.58. The standard InChI is InChI=1S/C15H13BrCl2O2/c1-19-14-6-5-12(17)7-11(14)9-20-15-10(8-16)3-2-4-13(15)18/h2-7H,8-9H2,1H3. The highest BCUT2D eigenvalue weighted by Crippen LogP contribution is 2.32. The highest BCUT2D eigenvalue weighted by atomic mass is 79.9. The number of hydrogen-bond acceptors (Lipinski definition) is 2. The largest absolute Gasteiger partial charge is 0.496 e. The monoisotopic (exact) mass is 374 g/mol. The van der Waals surface area contributed by atoms with E-state index < -0.39 is 0 Å². The van der Waals surface area contributed by atoms with Crippen molar-refractivity contribution in [3.63, 3.8) is 0 Å². The van der Waals surface area contributed by atoms with Crippen molar-refractivity contribution in [3.8, 4) is 11.5 Å². The number of hydrogen-bond donors (Lipinski definition) is 0. The topological polar surface area (TPSA) is 18.5 Å². The molecule has 0 saturated heterocycles. The van der Waals surface area contributed by atoms with Crippen LogP contribution in [0.2, 0.25) is 10.0 Å². The number of rotatable bonds is 5. The van der Waals surface area contributed by atoms with Gasteiger partial charge in [-0.1, -0.05) is 51.3 Å². The average Bonchev–Trinajstić information content (AvgIpc) is 2.46. The molecule has 0 N–H and O–H groups in total. The van der Waals surface area contributed by atoms with Crippen LogP contribution in [0.5, 0.6) is 11.5 Å². The van der Waals surface area contributed by atoms with Crippen LogP contribution in [0.25, 0.3) is 0 Å². The molecule has 0 aliphatic heterocycles. The lowest BCUT2D eigenvalue weighted by Crippen LogP contribution is -2.01. The zero-order valence-electron chi connectivity index (χ0n) is 10.8. The van der Waals surface area contributed by atoms with Crippen LogP contribution < -0.4 is 9.47 Å². The lowest BCUT2D eigenvalue weighted by Gasteiger charge is -2.14. The molecule has 0 radical (unpaired) electrons. The number of alkyl halides is 1. The van der Waals surface area contributed by atoms with E-state index in [4.69, 9.17) is 32.7 Å². The predicted octanol–water partition coefficient (Wildman–Crippen LogP) is 5.48. The fourth-order valence-corrected chi connectivity index (χ4v) is 2.72. The minimum absolute atomic E-state index is 0.341. The summed E-state index contributed by atoms with van der Waals surface area (Å²) >= 11 is 15.6. The summed E-state index contributed by atoms with van der Waals surface area (Å²) in [7, 11) is 1.62. The van der Waals surface area contributed by atoms with E-state index in [1.54, 1.807) is 19.2 Å². The second-order valence-corrected chi connectivity index (χ2v) is 5.51. The maximum Gasteiger partial charge on any atom is 0.142 e. The molecule has 2 aromatic carbocycles. The van der Waals surface area contributed by atoms with Gasteiger partial charge in [-0.25, -0.2) is 0 Å². The Hall–Kier alpha value is -0.900. The summed E-state index contributed by atoms with van der Waals surface area (Å²) < 4.78 is 11.1. The van der Waals surface area contributed by atoms with Crippen molar-refractivity contribution in [2.24, 2.45) is 0 Å². The van der Waals surface area contributed by atoms with E-state index in [0.717, 1.165) is 16.9 Å². The molecule has 2 rings (SSSR count). The van der Waals surface area contributed by atoms with Gasteiger partial charge in [-0.05, 0) is 24.3 Å². The summed E-state index contributed by atoms with van der Waals surface area (Å²) in [6, 6.07) is 11.1. The molecule has 5 heteroatoms. The Morgan fingerprint density at radius 1 is 1.10 bits per heavy atom. The Morgan fingerprint density at radius 3 is 2.60 bits per heavy atom. The summed E-state index contributed by atoms with van der Waals surface area (Å²) in [5, 5.41) is 1.91. The normalized spacial score (nSPS) is 10.4. The van der Waals surface area contributed by atoms with E-state index >= 15 is 0 Å². The molecule has 20 heavy (non-hydrogen) atoms. The second-order valence-electron chi connectivity index (χ2n) is 4.11. The van der Waals surface area contributed by atoms with Crippen molar-refractivity contribution in [1.82, 2.24) is 0 Å². The molecule has 0 aromatic heterocycles. The first-order valence-electron chi connectivity index (χ1n) is 5.94. The maximum atomic E-state index is 6.18. The SMILES string of the molecule is COc1ccc(Cl)cc1COc1c(Cl)cccc1CBr. The zero-order valence-corrected chi connectivity index (χ0v) is 13.9. The molecule has 0 spiro atoms. The van der Waals surface area contributed by atoms with Crippen LogP contribution in [-0.4, -0.2) is 7.11 Å². The van der Waals surface area contributed by atoms with Gasteiger partial charge in [0.05, 0.1) is 12.1 Å². The number of methoxy groups -OCH3 is 1. The first kappa shape index (κ1) is 15.5. The quantitative estimate of drug-likeness (QED) is 0.644. The number of para-hydroxylation sites is 1. The molecule has 2 aromatic rings. The highest BCUT2D eigenvalue weighted by molar-refractivity contribution is 9.08. The third-order valence-corrected chi connectivity index (χ3v) is 3.94. The van der Waals surface area contributed by atoms with Gasteiger partial charge in [0.1, 0.15) is 18.1 Å². The molecular formula is C15H13BrCl2O2. The van der Waals surface area contributed by atoms with E-state index in [1.165, 1.54) is 0 Å². The predicted molar refractivity (Wildman–Crippen MR) is 86.4 cm³/mol. The van der Waals surface area contributed by atoms with Gasteiger partial charge in [0.25, 0.3) is 0 Å². The number of halogens is 3. The Morgan fingerprint density at radius 2 is 1.90 bits per heavy atom. The summed E-state index contributed by atoms with van der Waals surface area (Å²) in [6.07, 6.45) is 0. The van der Waals surface area contributed by atoms with E-state index in [0.29, 0.717) is 27.7 Å². The molecule has 0 atom stereocenters. The summed E-state index contributed by atoms with van der Waals surface area (Å²) in [6.45, 7) is 0.341. The van der Waals surface area contributed by atoms with Crippen molar-refractivity contribution in [1.29, 1.82) is 0 Å². The molecule has 0 saturated carbocycles. The second kappa shape index (κ2) is 7.21. The van der Waals surface area contributed by atoms with Gasteiger partial charge in [-0.3, -0.25) is 0 Å². The average molecular weight is 376 g/mol. The Labute approximate surface area is 136 Å². The molecule has 0 heterocycles. The van der Waals surface area contributed by atoms with Crippen molar-refractivity contribution in [2.45, 2.75) is 11.9 Å². The minimum Gasteiger partial charge on any atom is -0.496 e. The molecule has 0 aliphatic rings. The van der Waals surface area contributed by atoms with Gasteiger partial charge >= 0.3 is 0 Å². The molecule has 2 nitrogen and oxygen atoms in total. The highest BCUT2D eigenvalue weighted by Gasteiger charge is 2.10. The molecule has 106 valence electrons.